The van der Waals surface area contributed by atoms with Crippen LogP contribution in [-0.4, -0.2) is 16.1 Å². The van der Waals surface area contributed by atoms with Crippen LogP contribution in [0.5, 0.6) is 0 Å². The van der Waals surface area contributed by atoms with Crippen LogP contribution in [0.25, 0.3) is 11.3 Å². The first-order valence-corrected chi connectivity index (χ1v) is 5.70. The Morgan fingerprint density at radius 2 is 1.94 bits per heavy atom. The standard InChI is InChI=1S/C12H8Cl2N2O2/c13-7-3-1-2-6(10(7)14)11-8(15)4-5-9(16-11)12(17)18/h1-5H,15H2,(H,17,18). The SMILES string of the molecule is Nc1ccc(C(=O)O)nc1-c1cccc(Cl)c1Cl. The van der Waals surface area contributed by atoms with Gasteiger partial charge in [0.25, 0.3) is 0 Å². The summed E-state index contributed by atoms with van der Waals surface area (Å²) in [5, 5.41) is 9.56. The maximum atomic E-state index is 10.9. The van der Waals surface area contributed by atoms with Crippen molar-refractivity contribution in [2.45, 2.75) is 0 Å². The van der Waals surface area contributed by atoms with Crippen LogP contribution >= 0.6 is 23.2 Å². The average molecular weight is 283 g/mol. The zero-order valence-electron chi connectivity index (χ0n) is 9.02. The van der Waals surface area contributed by atoms with E-state index in [1.165, 1.54) is 12.1 Å². The number of carboxylic acids is 1. The minimum absolute atomic E-state index is 0.102. The fraction of sp³-hybridized carbons (Fsp3) is 0. The number of carboxylic acid groups (broad SMARTS) is 1. The Kier molecular flexibility index (Phi) is 3.41. The predicted octanol–water partition coefficient (Wildman–Crippen LogP) is 3.34. The molecule has 92 valence electrons. The van der Waals surface area contributed by atoms with Crippen LogP contribution in [0.15, 0.2) is 30.3 Å². The van der Waals surface area contributed by atoms with E-state index in [4.69, 9.17) is 34.0 Å². The number of benzene rings is 1. The second kappa shape index (κ2) is 4.84. The van der Waals surface area contributed by atoms with E-state index in [9.17, 15) is 4.79 Å². The topological polar surface area (TPSA) is 76.2 Å². The van der Waals surface area contributed by atoms with Gasteiger partial charge in [0.05, 0.1) is 21.4 Å². The summed E-state index contributed by atoms with van der Waals surface area (Å²) in [5.74, 6) is -1.13. The Hall–Kier alpha value is -1.78. The number of anilines is 1. The Morgan fingerprint density at radius 1 is 1.22 bits per heavy atom. The molecule has 0 unspecified atom stereocenters. The zero-order valence-corrected chi connectivity index (χ0v) is 10.5. The fourth-order valence-electron chi connectivity index (χ4n) is 1.49. The number of rotatable bonds is 2. The van der Waals surface area contributed by atoms with Crippen LogP contribution in [0.4, 0.5) is 5.69 Å². The van der Waals surface area contributed by atoms with E-state index >= 15 is 0 Å². The number of carbonyl (C=O) groups is 1. The fourth-order valence-corrected chi connectivity index (χ4v) is 1.88. The molecule has 1 aromatic carbocycles. The number of nitrogens with zero attached hydrogens (tertiary/aromatic N) is 1. The molecule has 0 aliphatic carbocycles. The van der Waals surface area contributed by atoms with Crippen LogP contribution in [0.3, 0.4) is 0 Å². The highest BCUT2D eigenvalue weighted by Crippen LogP contribution is 2.35. The van der Waals surface area contributed by atoms with Crippen LogP contribution < -0.4 is 5.73 Å². The van der Waals surface area contributed by atoms with Gasteiger partial charge in [0.15, 0.2) is 0 Å². The molecule has 0 radical (unpaired) electrons. The number of aromatic carboxylic acids is 1. The summed E-state index contributed by atoms with van der Waals surface area (Å²) in [4.78, 5) is 14.9. The first kappa shape index (κ1) is 12.7. The molecule has 4 nitrogen and oxygen atoms in total. The predicted molar refractivity (Wildman–Crippen MR) is 71.1 cm³/mol. The minimum atomic E-state index is -1.13. The van der Waals surface area contributed by atoms with Gasteiger partial charge in [-0.15, -0.1) is 0 Å². The summed E-state index contributed by atoms with van der Waals surface area (Å²) in [6, 6.07) is 7.81. The molecule has 0 aliphatic rings. The van der Waals surface area contributed by atoms with E-state index in [0.29, 0.717) is 27.0 Å². The summed E-state index contributed by atoms with van der Waals surface area (Å²) in [7, 11) is 0. The van der Waals surface area contributed by atoms with Gasteiger partial charge in [-0.2, -0.15) is 0 Å². The molecular weight excluding hydrogens is 275 g/mol. The van der Waals surface area contributed by atoms with Gasteiger partial charge < -0.3 is 10.8 Å². The van der Waals surface area contributed by atoms with E-state index in [1.807, 2.05) is 0 Å². The highest BCUT2D eigenvalue weighted by molar-refractivity contribution is 6.43. The third-order valence-electron chi connectivity index (χ3n) is 2.35. The quantitative estimate of drug-likeness (QED) is 0.886. The lowest BCUT2D eigenvalue weighted by molar-refractivity contribution is 0.0690. The number of pyridine rings is 1. The number of hydrogen-bond acceptors (Lipinski definition) is 3. The summed E-state index contributed by atoms with van der Waals surface area (Å²) in [6.07, 6.45) is 0. The molecule has 2 aromatic rings. The van der Waals surface area contributed by atoms with Gasteiger partial charge in [-0.05, 0) is 18.2 Å². The van der Waals surface area contributed by atoms with Crippen molar-refractivity contribution in [1.29, 1.82) is 0 Å². The molecule has 0 fully saturated rings. The van der Waals surface area contributed by atoms with E-state index in [-0.39, 0.29) is 5.69 Å². The third kappa shape index (κ3) is 2.25. The summed E-state index contributed by atoms with van der Waals surface area (Å²) in [6.45, 7) is 0. The van der Waals surface area contributed by atoms with Gasteiger partial charge in [0, 0.05) is 5.56 Å². The Balaban J connectivity index is 2.66. The normalized spacial score (nSPS) is 10.3. The Labute approximate surface area is 113 Å². The molecule has 0 saturated carbocycles. The van der Waals surface area contributed by atoms with Crippen molar-refractivity contribution in [3.05, 3.63) is 46.1 Å². The van der Waals surface area contributed by atoms with Crippen molar-refractivity contribution < 1.29 is 9.90 Å². The molecule has 1 aromatic heterocycles. The lowest BCUT2D eigenvalue weighted by Gasteiger charge is -2.08. The van der Waals surface area contributed by atoms with Crippen LogP contribution in [0.2, 0.25) is 10.0 Å². The van der Waals surface area contributed by atoms with Gasteiger partial charge in [-0.3, -0.25) is 0 Å². The van der Waals surface area contributed by atoms with Gasteiger partial charge in [-0.25, -0.2) is 9.78 Å². The van der Waals surface area contributed by atoms with Gasteiger partial charge in [0.2, 0.25) is 0 Å². The maximum Gasteiger partial charge on any atom is 0.354 e. The van der Waals surface area contributed by atoms with Crippen LogP contribution in [0.1, 0.15) is 10.5 Å². The maximum absolute atomic E-state index is 10.9. The lowest BCUT2D eigenvalue weighted by atomic mass is 10.1. The Bertz CT molecular complexity index is 629. The highest BCUT2D eigenvalue weighted by Gasteiger charge is 2.14. The van der Waals surface area contributed by atoms with Crippen molar-refractivity contribution in [1.82, 2.24) is 4.98 Å². The summed E-state index contributed by atoms with van der Waals surface area (Å²) < 4.78 is 0. The number of nitrogen functional groups attached to an aromatic ring is 1. The number of aromatic nitrogens is 1. The first-order chi connectivity index (χ1) is 8.50. The molecule has 0 spiro atoms. The van der Waals surface area contributed by atoms with Crippen LogP contribution in [0, 0.1) is 0 Å². The average Bonchev–Trinajstić information content (AvgIpc) is 2.33. The molecule has 0 bridgehead atoms. The van der Waals surface area contributed by atoms with Gasteiger partial charge >= 0.3 is 5.97 Å². The molecule has 6 heteroatoms. The van der Waals surface area contributed by atoms with Crippen LogP contribution in [-0.2, 0) is 0 Å². The molecule has 2 rings (SSSR count). The van der Waals surface area contributed by atoms with Crippen molar-refractivity contribution in [3.63, 3.8) is 0 Å². The van der Waals surface area contributed by atoms with Crippen molar-refractivity contribution in [2.24, 2.45) is 0 Å². The molecule has 0 amide bonds. The van der Waals surface area contributed by atoms with E-state index in [1.54, 1.807) is 18.2 Å². The van der Waals surface area contributed by atoms with E-state index < -0.39 is 5.97 Å². The zero-order chi connectivity index (χ0) is 13.3. The second-order valence-corrected chi connectivity index (χ2v) is 4.33. The smallest absolute Gasteiger partial charge is 0.354 e. The minimum Gasteiger partial charge on any atom is -0.477 e. The Morgan fingerprint density at radius 3 is 2.61 bits per heavy atom. The van der Waals surface area contributed by atoms with Gasteiger partial charge in [-0.1, -0.05) is 35.3 Å². The largest absolute Gasteiger partial charge is 0.477 e. The number of hydrogen-bond donors (Lipinski definition) is 2. The van der Waals surface area contributed by atoms with Gasteiger partial charge in [0.1, 0.15) is 5.69 Å². The summed E-state index contributed by atoms with van der Waals surface area (Å²) >= 11 is 12.0. The number of nitrogens with two attached hydrogens (primary N) is 1. The van der Waals surface area contributed by atoms with Crippen molar-refractivity contribution in [2.75, 3.05) is 5.73 Å². The van der Waals surface area contributed by atoms with E-state index in [2.05, 4.69) is 4.98 Å². The highest BCUT2D eigenvalue weighted by atomic mass is 35.5. The van der Waals surface area contributed by atoms with Crippen molar-refractivity contribution in [3.8, 4) is 11.3 Å². The molecule has 0 atom stereocenters. The number of halogens is 2. The molecule has 18 heavy (non-hydrogen) atoms. The van der Waals surface area contributed by atoms with E-state index in [0.717, 1.165) is 0 Å². The summed E-state index contributed by atoms with van der Waals surface area (Å²) in [5.41, 5.74) is 6.83. The molecule has 1 heterocycles. The molecular formula is C12H8Cl2N2O2. The third-order valence-corrected chi connectivity index (χ3v) is 3.17. The van der Waals surface area contributed by atoms with Crippen molar-refractivity contribution >= 4 is 34.9 Å². The second-order valence-electron chi connectivity index (χ2n) is 3.54. The monoisotopic (exact) mass is 282 g/mol. The molecule has 3 N–H and O–H groups in total. The lowest BCUT2D eigenvalue weighted by Crippen LogP contribution is -2.03. The molecule has 0 aliphatic heterocycles. The first-order valence-electron chi connectivity index (χ1n) is 4.95. The molecule has 0 saturated heterocycles.